The fraction of sp³-hybridized carbons (Fsp3) is 0.977. The van der Waals surface area contributed by atoms with E-state index in [0.29, 0.717) is 13.0 Å². The summed E-state index contributed by atoms with van der Waals surface area (Å²) in [7, 11) is 0. The number of aliphatic hydroxyl groups is 1. The molecule has 6 nitrogen and oxygen atoms in total. The molecule has 300 valence electrons. The van der Waals surface area contributed by atoms with E-state index in [-0.39, 0.29) is 18.9 Å². The van der Waals surface area contributed by atoms with E-state index in [1.165, 1.54) is 161 Å². The van der Waals surface area contributed by atoms with Crippen molar-refractivity contribution in [1.29, 1.82) is 0 Å². The summed E-state index contributed by atoms with van der Waals surface area (Å²) >= 11 is 0. The van der Waals surface area contributed by atoms with Gasteiger partial charge in [-0.3, -0.25) is 4.79 Å². The highest BCUT2D eigenvalue weighted by atomic mass is 16.7. The lowest BCUT2D eigenvalue weighted by Crippen LogP contribution is -2.29. The summed E-state index contributed by atoms with van der Waals surface area (Å²) in [5.74, 6) is -0.0186. The standard InChI is InChI=1S/C44H89NO5/c1-4-7-10-13-18-26-31-40-48-43(47)34-27-20-19-23-30-37-45(38-39-46)36-29-22-17-16-21-28-35-44(49-41-32-24-14-11-8-5-2)50-42-33-25-15-12-9-6-3/h44,46H,4-42H2,1-3H3. The van der Waals surface area contributed by atoms with Crippen molar-refractivity contribution in [3.8, 4) is 0 Å². The van der Waals surface area contributed by atoms with Crippen LogP contribution in [0.2, 0.25) is 0 Å². The number of carbonyl (C=O) groups is 1. The molecule has 6 heteroatoms. The Morgan fingerprint density at radius 2 is 0.840 bits per heavy atom. The summed E-state index contributed by atoms with van der Waals surface area (Å²) in [5.41, 5.74) is 0. The average Bonchev–Trinajstić information content (AvgIpc) is 3.12. The van der Waals surface area contributed by atoms with E-state index in [0.717, 1.165) is 71.4 Å². The Morgan fingerprint density at radius 1 is 0.460 bits per heavy atom. The minimum Gasteiger partial charge on any atom is -0.466 e. The average molecular weight is 712 g/mol. The van der Waals surface area contributed by atoms with Crippen molar-refractivity contribution in [1.82, 2.24) is 4.90 Å². The first-order valence-corrected chi connectivity index (χ1v) is 22.4. The van der Waals surface area contributed by atoms with Crippen LogP contribution in [0.5, 0.6) is 0 Å². The van der Waals surface area contributed by atoms with Gasteiger partial charge in [0.05, 0.1) is 13.2 Å². The lowest BCUT2D eigenvalue weighted by atomic mass is 10.1. The van der Waals surface area contributed by atoms with Crippen molar-refractivity contribution >= 4 is 5.97 Å². The summed E-state index contributed by atoms with van der Waals surface area (Å²) in [5, 5.41) is 9.56. The molecule has 0 atom stereocenters. The first-order valence-electron chi connectivity index (χ1n) is 22.4. The maximum absolute atomic E-state index is 12.0. The van der Waals surface area contributed by atoms with Crippen molar-refractivity contribution in [3.05, 3.63) is 0 Å². The Morgan fingerprint density at radius 3 is 1.30 bits per heavy atom. The maximum atomic E-state index is 12.0. The summed E-state index contributed by atoms with van der Waals surface area (Å²) < 4.78 is 17.9. The molecule has 0 bridgehead atoms. The van der Waals surface area contributed by atoms with Gasteiger partial charge in [0.2, 0.25) is 0 Å². The molecule has 0 saturated carbocycles. The molecule has 0 rings (SSSR count). The number of ether oxygens (including phenoxy) is 3. The second kappa shape index (κ2) is 42.7. The second-order valence-electron chi connectivity index (χ2n) is 15.0. The van der Waals surface area contributed by atoms with Crippen LogP contribution in [0, 0.1) is 0 Å². The van der Waals surface area contributed by atoms with Crippen LogP contribution in [0.4, 0.5) is 0 Å². The van der Waals surface area contributed by atoms with Gasteiger partial charge in [-0.05, 0) is 64.5 Å². The lowest BCUT2D eigenvalue weighted by Gasteiger charge is -2.21. The van der Waals surface area contributed by atoms with E-state index in [4.69, 9.17) is 14.2 Å². The van der Waals surface area contributed by atoms with E-state index >= 15 is 0 Å². The molecular weight excluding hydrogens is 622 g/mol. The van der Waals surface area contributed by atoms with Gasteiger partial charge >= 0.3 is 5.97 Å². The van der Waals surface area contributed by atoms with Crippen LogP contribution >= 0.6 is 0 Å². The van der Waals surface area contributed by atoms with Gasteiger partial charge in [-0.2, -0.15) is 0 Å². The molecule has 0 aromatic rings. The number of esters is 1. The molecular formula is C44H89NO5. The number of rotatable bonds is 43. The monoisotopic (exact) mass is 712 g/mol. The highest BCUT2D eigenvalue weighted by Crippen LogP contribution is 2.15. The van der Waals surface area contributed by atoms with Crippen LogP contribution in [0.15, 0.2) is 0 Å². The van der Waals surface area contributed by atoms with Gasteiger partial charge in [0, 0.05) is 26.2 Å². The van der Waals surface area contributed by atoms with Crippen LogP contribution in [0.3, 0.4) is 0 Å². The van der Waals surface area contributed by atoms with Crippen LogP contribution in [0.1, 0.15) is 226 Å². The second-order valence-corrected chi connectivity index (χ2v) is 15.0. The third kappa shape index (κ3) is 38.5. The first-order chi connectivity index (χ1) is 24.7. The van der Waals surface area contributed by atoms with Gasteiger partial charge in [-0.25, -0.2) is 0 Å². The molecule has 0 spiro atoms. The van der Waals surface area contributed by atoms with Crippen LogP contribution in [-0.2, 0) is 19.0 Å². The third-order valence-electron chi connectivity index (χ3n) is 10.0. The number of aliphatic hydroxyl groups excluding tert-OH is 1. The number of carbonyl (C=O) groups excluding carboxylic acids is 1. The lowest BCUT2D eigenvalue weighted by molar-refractivity contribution is -0.148. The molecule has 0 amide bonds. The summed E-state index contributed by atoms with van der Waals surface area (Å²) in [6.45, 7) is 12.2. The minimum absolute atomic E-state index is 0.0186. The van der Waals surface area contributed by atoms with Gasteiger partial charge in [-0.1, -0.05) is 168 Å². The largest absolute Gasteiger partial charge is 0.466 e. The first kappa shape index (κ1) is 49.3. The molecule has 0 radical (unpaired) electrons. The van der Waals surface area contributed by atoms with Gasteiger partial charge in [0.25, 0.3) is 0 Å². The summed E-state index contributed by atoms with van der Waals surface area (Å²) in [6.07, 6.45) is 38.9. The molecule has 0 aromatic carbocycles. The maximum Gasteiger partial charge on any atom is 0.305 e. The third-order valence-corrected chi connectivity index (χ3v) is 10.0. The Balaban J connectivity index is 3.90. The fourth-order valence-corrected chi connectivity index (χ4v) is 6.69. The Hall–Kier alpha value is -0.690. The van der Waals surface area contributed by atoms with E-state index < -0.39 is 0 Å². The predicted octanol–water partition coefficient (Wildman–Crippen LogP) is 12.7. The number of hydrogen-bond acceptors (Lipinski definition) is 6. The number of hydrogen-bond donors (Lipinski definition) is 1. The van der Waals surface area contributed by atoms with E-state index in [1.807, 2.05) is 0 Å². The van der Waals surface area contributed by atoms with Gasteiger partial charge in [0.15, 0.2) is 6.29 Å². The Labute approximate surface area is 312 Å². The highest BCUT2D eigenvalue weighted by Gasteiger charge is 2.10. The molecule has 0 aliphatic rings. The Kier molecular flexibility index (Phi) is 42.1. The highest BCUT2D eigenvalue weighted by molar-refractivity contribution is 5.69. The van der Waals surface area contributed by atoms with Crippen molar-refractivity contribution in [3.63, 3.8) is 0 Å². The van der Waals surface area contributed by atoms with Gasteiger partial charge in [-0.15, -0.1) is 0 Å². The van der Waals surface area contributed by atoms with Gasteiger partial charge < -0.3 is 24.2 Å². The zero-order valence-corrected chi connectivity index (χ0v) is 34.2. The summed E-state index contributed by atoms with van der Waals surface area (Å²) in [4.78, 5) is 14.4. The molecule has 0 fully saturated rings. The van der Waals surface area contributed by atoms with Crippen molar-refractivity contribution in [2.24, 2.45) is 0 Å². The van der Waals surface area contributed by atoms with Crippen LogP contribution in [0.25, 0.3) is 0 Å². The molecule has 0 aliphatic carbocycles. The molecule has 0 unspecified atom stereocenters. The molecule has 50 heavy (non-hydrogen) atoms. The van der Waals surface area contributed by atoms with Crippen molar-refractivity contribution in [2.75, 3.05) is 46.1 Å². The molecule has 0 heterocycles. The topological polar surface area (TPSA) is 68.2 Å². The number of nitrogens with zero attached hydrogens (tertiary/aromatic N) is 1. The normalized spacial score (nSPS) is 11.7. The molecule has 0 saturated heterocycles. The van der Waals surface area contributed by atoms with Crippen LogP contribution < -0.4 is 0 Å². The number of unbranched alkanes of at least 4 members (excludes halogenated alkanes) is 25. The smallest absolute Gasteiger partial charge is 0.305 e. The van der Waals surface area contributed by atoms with E-state index in [1.54, 1.807) is 0 Å². The SMILES string of the molecule is CCCCCCCCCOC(=O)CCCCCCCN(CCO)CCCCCCCCC(OCCCCCCCC)OCCCCCCCC. The van der Waals surface area contributed by atoms with Crippen molar-refractivity contribution in [2.45, 2.75) is 233 Å². The molecule has 1 N–H and O–H groups in total. The van der Waals surface area contributed by atoms with Crippen LogP contribution in [-0.4, -0.2) is 68.3 Å². The minimum atomic E-state index is -0.0191. The summed E-state index contributed by atoms with van der Waals surface area (Å²) in [6, 6.07) is 0. The predicted molar refractivity (Wildman–Crippen MR) is 215 cm³/mol. The van der Waals surface area contributed by atoms with E-state index in [2.05, 4.69) is 25.7 Å². The van der Waals surface area contributed by atoms with Gasteiger partial charge in [0.1, 0.15) is 0 Å². The zero-order chi connectivity index (χ0) is 36.4. The quantitative estimate of drug-likeness (QED) is 0.0386. The fourth-order valence-electron chi connectivity index (χ4n) is 6.69. The van der Waals surface area contributed by atoms with E-state index in [9.17, 15) is 9.90 Å². The zero-order valence-electron chi connectivity index (χ0n) is 34.2. The Bertz CT molecular complexity index is 630. The molecule has 0 aliphatic heterocycles. The molecule has 0 aromatic heterocycles. The van der Waals surface area contributed by atoms with Crippen molar-refractivity contribution < 1.29 is 24.1 Å².